The molecule has 6 nitrogen and oxygen atoms in total. The normalized spacial score (nSPS) is 19.1. The molecule has 2 aliphatic heterocycles. The molecular formula is C24H25N3O3S2. The molecule has 32 heavy (non-hydrogen) atoms. The topological polar surface area (TPSA) is 76.1 Å². The first-order chi connectivity index (χ1) is 15.7. The molecule has 3 aromatic rings. The Bertz CT molecular complexity index is 1150. The van der Waals surface area contributed by atoms with E-state index in [4.69, 9.17) is 4.74 Å². The summed E-state index contributed by atoms with van der Waals surface area (Å²) in [5.74, 6) is 3.72. The summed E-state index contributed by atoms with van der Waals surface area (Å²) in [5.41, 5.74) is 2.55. The number of H-pyrrole nitrogens is 1. The van der Waals surface area contributed by atoms with Gasteiger partial charge in [-0.2, -0.15) is 11.8 Å². The van der Waals surface area contributed by atoms with E-state index in [-0.39, 0.29) is 22.8 Å². The number of nitrogens with zero attached hydrogens (tertiary/aromatic N) is 1. The second-order valence-electron chi connectivity index (χ2n) is 8.00. The molecular weight excluding hydrogens is 442 g/mol. The number of benzene rings is 2. The van der Waals surface area contributed by atoms with Crippen LogP contribution in [0.5, 0.6) is 5.75 Å². The molecule has 1 unspecified atom stereocenters. The quantitative estimate of drug-likeness (QED) is 0.574. The summed E-state index contributed by atoms with van der Waals surface area (Å²) >= 11 is 3.41. The van der Waals surface area contributed by atoms with E-state index in [1.54, 1.807) is 0 Å². The first-order valence-electron chi connectivity index (χ1n) is 10.8. The van der Waals surface area contributed by atoms with Crippen LogP contribution < -0.4 is 15.6 Å². The van der Waals surface area contributed by atoms with Crippen LogP contribution in [0.2, 0.25) is 0 Å². The Hall–Kier alpha value is -2.58. The highest BCUT2D eigenvalue weighted by molar-refractivity contribution is 8.00. The van der Waals surface area contributed by atoms with E-state index < -0.39 is 0 Å². The van der Waals surface area contributed by atoms with E-state index in [9.17, 15) is 9.59 Å². The first kappa shape index (κ1) is 21.3. The lowest BCUT2D eigenvalue weighted by Gasteiger charge is -2.24. The van der Waals surface area contributed by atoms with Gasteiger partial charge in [0.1, 0.15) is 18.2 Å². The number of amides is 1. The molecule has 1 amide bonds. The highest BCUT2D eigenvalue weighted by Gasteiger charge is 2.32. The van der Waals surface area contributed by atoms with Gasteiger partial charge in [0.25, 0.3) is 5.56 Å². The molecule has 166 valence electrons. The van der Waals surface area contributed by atoms with Gasteiger partial charge < -0.3 is 10.1 Å². The van der Waals surface area contributed by atoms with Crippen molar-refractivity contribution in [3.8, 4) is 5.75 Å². The van der Waals surface area contributed by atoms with Crippen LogP contribution in [0.1, 0.15) is 40.8 Å². The fraction of sp³-hybridized carbons (Fsp3) is 0.333. The van der Waals surface area contributed by atoms with Crippen LogP contribution in [0.3, 0.4) is 0 Å². The maximum absolute atomic E-state index is 13.1. The van der Waals surface area contributed by atoms with Gasteiger partial charge in [-0.15, -0.1) is 11.8 Å². The molecule has 2 aromatic carbocycles. The largest absolute Gasteiger partial charge is 0.489 e. The molecule has 0 bridgehead atoms. The summed E-state index contributed by atoms with van der Waals surface area (Å²) in [4.78, 5) is 25.6. The Kier molecular flexibility index (Phi) is 6.32. The first-order valence-corrected chi connectivity index (χ1v) is 13.0. The Morgan fingerprint density at radius 3 is 2.66 bits per heavy atom. The monoisotopic (exact) mass is 467 g/mol. The number of hydrogen-bond donors (Lipinski definition) is 2. The summed E-state index contributed by atoms with van der Waals surface area (Å²) < 4.78 is 7.92. The van der Waals surface area contributed by atoms with Crippen LogP contribution in [0.25, 0.3) is 0 Å². The van der Waals surface area contributed by atoms with Crippen LogP contribution in [-0.4, -0.2) is 32.9 Å². The maximum atomic E-state index is 13.1. The number of rotatable bonds is 5. The molecule has 2 N–H and O–H groups in total. The molecule has 0 aliphatic carbocycles. The lowest BCUT2D eigenvalue weighted by Crippen LogP contribution is -2.22. The van der Waals surface area contributed by atoms with Crippen LogP contribution in [-0.2, 0) is 11.4 Å². The van der Waals surface area contributed by atoms with E-state index in [1.807, 2.05) is 71.0 Å². The molecule has 0 radical (unpaired) electrons. The lowest BCUT2D eigenvalue weighted by molar-refractivity contribution is -0.113. The number of aromatic amines is 1. The minimum atomic E-state index is -0.243. The van der Waals surface area contributed by atoms with E-state index in [0.717, 1.165) is 41.2 Å². The third-order valence-electron chi connectivity index (χ3n) is 5.83. The van der Waals surface area contributed by atoms with Crippen molar-refractivity contribution in [2.24, 2.45) is 0 Å². The van der Waals surface area contributed by atoms with Gasteiger partial charge in [-0.3, -0.25) is 19.4 Å². The van der Waals surface area contributed by atoms with Gasteiger partial charge >= 0.3 is 0 Å². The van der Waals surface area contributed by atoms with Gasteiger partial charge in [-0.05, 0) is 47.6 Å². The Labute approximate surface area is 195 Å². The van der Waals surface area contributed by atoms with Gasteiger partial charge in [-0.1, -0.05) is 42.5 Å². The van der Waals surface area contributed by atoms with Crippen molar-refractivity contribution < 1.29 is 9.53 Å². The molecule has 1 saturated heterocycles. The molecule has 2 aliphatic rings. The highest BCUT2D eigenvalue weighted by atomic mass is 32.2. The zero-order valence-electron chi connectivity index (χ0n) is 17.6. The minimum absolute atomic E-state index is 0.0758. The molecule has 1 aromatic heterocycles. The van der Waals surface area contributed by atoms with Crippen molar-refractivity contribution in [3.05, 3.63) is 81.6 Å². The number of nitrogens with one attached hydrogen (secondary N) is 2. The average molecular weight is 468 g/mol. The fourth-order valence-electron chi connectivity index (χ4n) is 4.23. The lowest BCUT2D eigenvalue weighted by atomic mass is 10.1. The van der Waals surface area contributed by atoms with Crippen molar-refractivity contribution in [1.82, 2.24) is 9.78 Å². The number of anilines is 1. The third-order valence-corrected chi connectivity index (χ3v) is 8.15. The Morgan fingerprint density at radius 1 is 1.03 bits per heavy atom. The van der Waals surface area contributed by atoms with Crippen molar-refractivity contribution in [2.75, 3.05) is 22.6 Å². The predicted octanol–water partition coefficient (Wildman–Crippen LogP) is 4.60. The molecule has 3 heterocycles. The average Bonchev–Trinajstić information content (AvgIpc) is 3.04. The van der Waals surface area contributed by atoms with E-state index in [1.165, 1.54) is 11.8 Å². The van der Waals surface area contributed by atoms with Crippen LogP contribution >= 0.6 is 23.5 Å². The number of thioether (sulfide) groups is 2. The second kappa shape index (κ2) is 9.50. The molecule has 0 spiro atoms. The standard InChI is InChI=1S/C24H25N3O3S2/c28-20-15-32-22(17-7-4-8-19(13-17)30-14-16-5-2-1-3-6-16)21-23(25-20)27(26-24(21)29)18-9-11-31-12-10-18/h1-8,13,18,22H,9-12,14-15H2,(H,25,28)(H,26,29). The van der Waals surface area contributed by atoms with Crippen molar-refractivity contribution in [1.29, 1.82) is 0 Å². The van der Waals surface area contributed by atoms with Crippen LogP contribution in [0, 0.1) is 0 Å². The van der Waals surface area contributed by atoms with Crippen molar-refractivity contribution in [3.63, 3.8) is 0 Å². The molecule has 1 fully saturated rings. The fourth-order valence-corrected chi connectivity index (χ4v) is 6.43. The van der Waals surface area contributed by atoms with Crippen LogP contribution in [0.4, 0.5) is 5.82 Å². The zero-order valence-corrected chi connectivity index (χ0v) is 19.2. The number of ether oxygens (including phenoxy) is 1. The van der Waals surface area contributed by atoms with Crippen LogP contribution in [0.15, 0.2) is 59.4 Å². The Balaban J connectivity index is 1.46. The Morgan fingerprint density at radius 2 is 1.84 bits per heavy atom. The van der Waals surface area contributed by atoms with Gasteiger partial charge in [-0.25, -0.2) is 0 Å². The SMILES string of the molecule is O=C1CSC(c2cccc(OCc3ccccc3)c2)c2c(n(C3CCSCC3)[nH]c2=O)N1. The van der Waals surface area contributed by atoms with E-state index in [0.29, 0.717) is 23.7 Å². The summed E-state index contributed by atoms with van der Waals surface area (Å²) in [5, 5.41) is 5.79. The third kappa shape index (κ3) is 4.47. The van der Waals surface area contributed by atoms with Crippen molar-refractivity contribution >= 4 is 35.2 Å². The van der Waals surface area contributed by atoms with E-state index in [2.05, 4.69) is 10.4 Å². The molecule has 8 heteroatoms. The van der Waals surface area contributed by atoms with Gasteiger partial charge in [0.15, 0.2) is 0 Å². The predicted molar refractivity (Wildman–Crippen MR) is 131 cm³/mol. The highest BCUT2D eigenvalue weighted by Crippen LogP contribution is 2.42. The van der Waals surface area contributed by atoms with Gasteiger partial charge in [0.2, 0.25) is 5.91 Å². The summed E-state index contributed by atoms with van der Waals surface area (Å²) in [7, 11) is 0. The number of carbonyl (C=O) groups is 1. The maximum Gasteiger partial charge on any atom is 0.270 e. The summed E-state index contributed by atoms with van der Waals surface area (Å²) in [6, 6.07) is 18.1. The molecule has 0 saturated carbocycles. The van der Waals surface area contributed by atoms with E-state index >= 15 is 0 Å². The molecule has 5 rings (SSSR count). The number of fused-ring (bicyclic) bond motifs is 1. The number of carbonyl (C=O) groups excluding carboxylic acids is 1. The number of hydrogen-bond acceptors (Lipinski definition) is 5. The number of aromatic nitrogens is 2. The summed E-state index contributed by atoms with van der Waals surface area (Å²) in [6.45, 7) is 0.476. The van der Waals surface area contributed by atoms with Crippen molar-refractivity contribution in [2.45, 2.75) is 30.7 Å². The summed E-state index contributed by atoms with van der Waals surface area (Å²) in [6.07, 6.45) is 1.97. The second-order valence-corrected chi connectivity index (χ2v) is 10.3. The zero-order chi connectivity index (χ0) is 21.9. The molecule has 1 atom stereocenters. The smallest absolute Gasteiger partial charge is 0.270 e. The minimum Gasteiger partial charge on any atom is -0.489 e. The van der Waals surface area contributed by atoms with Gasteiger partial charge in [0.05, 0.1) is 22.6 Å². The van der Waals surface area contributed by atoms with Gasteiger partial charge in [0, 0.05) is 0 Å².